The first-order chi connectivity index (χ1) is 22.3. The minimum atomic E-state index is -1.08. The number of anilines is 1. The first kappa shape index (κ1) is 32.2. The minimum Gasteiger partial charge on any atom is -0.509 e. The van der Waals surface area contributed by atoms with Gasteiger partial charge in [0.05, 0.1) is 13.2 Å². The molecule has 0 spiro atoms. The first-order valence-electron chi connectivity index (χ1n) is 16.4. The minimum absolute atomic E-state index is 0.00787. The fraction of sp³-hybridized carbons (Fsp3) is 0.545. The normalized spacial score (nSPS) is 20.9. The zero-order chi connectivity index (χ0) is 32.2. The van der Waals surface area contributed by atoms with Crippen LogP contribution in [-0.4, -0.2) is 136 Å². The van der Waals surface area contributed by atoms with Crippen molar-refractivity contribution >= 4 is 50.3 Å². The smallest absolute Gasteiger partial charge is 0.410 e. The maximum absolute atomic E-state index is 13.9. The van der Waals surface area contributed by atoms with Crippen LogP contribution in [0.25, 0.3) is 0 Å². The van der Waals surface area contributed by atoms with Crippen LogP contribution in [0.1, 0.15) is 36.8 Å². The Morgan fingerprint density at radius 3 is 2.24 bits per heavy atom. The lowest BCUT2D eigenvalue weighted by molar-refractivity contribution is -0.142. The molecule has 2 aromatic carbocycles. The standard InChI is InChI=1S/C33H41B2N5O6/c34-26-19-22(20-27(35)30(26)41)21-29(31(42)38-10-6-24(7-11-38)37-15-17-45-18-16-37)46-33(44)39-12-8-25(9-13-39)40-14-5-23-3-1-2-4-28(23)36-32(40)43/h1-4,19-20,24-25,29,41H,5-18,21H2,(H,36,43)/t29-/m1/s1. The highest BCUT2D eigenvalue weighted by Gasteiger charge is 2.36. The number of carbonyl (C=O) groups excluding carboxylic acids is 3. The molecular weight excluding hydrogens is 584 g/mol. The third kappa shape index (κ3) is 7.31. The summed E-state index contributed by atoms with van der Waals surface area (Å²) in [7, 11) is 11.9. The fourth-order valence-corrected chi connectivity index (χ4v) is 7.15. The topological polar surface area (TPSA) is 115 Å². The zero-order valence-corrected chi connectivity index (χ0v) is 26.2. The van der Waals surface area contributed by atoms with Crippen LogP contribution < -0.4 is 16.2 Å². The number of ether oxygens (including phenoxy) is 2. The maximum atomic E-state index is 13.9. The Balaban J connectivity index is 1.09. The largest absolute Gasteiger partial charge is 0.509 e. The Morgan fingerprint density at radius 1 is 0.913 bits per heavy atom. The highest BCUT2D eigenvalue weighted by atomic mass is 16.6. The van der Waals surface area contributed by atoms with Crippen molar-refractivity contribution in [1.82, 2.24) is 19.6 Å². The number of phenols is 1. The van der Waals surface area contributed by atoms with Gasteiger partial charge in [0.15, 0.2) is 6.10 Å². The third-order valence-electron chi connectivity index (χ3n) is 9.81. The van der Waals surface area contributed by atoms with E-state index in [1.165, 1.54) is 0 Å². The summed E-state index contributed by atoms with van der Waals surface area (Å²) in [4.78, 5) is 48.2. The summed E-state index contributed by atoms with van der Waals surface area (Å²) >= 11 is 0. The van der Waals surface area contributed by atoms with Gasteiger partial charge in [0.1, 0.15) is 21.4 Å². The Morgan fingerprint density at radius 2 is 1.54 bits per heavy atom. The van der Waals surface area contributed by atoms with Gasteiger partial charge in [-0.25, -0.2) is 9.59 Å². The van der Waals surface area contributed by atoms with Gasteiger partial charge in [-0.1, -0.05) is 41.3 Å². The van der Waals surface area contributed by atoms with Gasteiger partial charge in [0.25, 0.3) is 5.91 Å². The number of fused-ring (bicyclic) bond motifs is 1. The summed E-state index contributed by atoms with van der Waals surface area (Å²) < 4.78 is 11.5. The number of hydrogen-bond donors (Lipinski definition) is 2. The van der Waals surface area contributed by atoms with Crippen LogP contribution in [0.2, 0.25) is 0 Å². The molecule has 4 heterocycles. The Bertz CT molecular complexity index is 1400. The van der Waals surface area contributed by atoms with E-state index in [0.29, 0.717) is 57.2 Å². The third-order valence-corrected chi connectivity index (χ3v) is 9.81. The molecule has 11 nitrogen and oxygen atoms in total. The Labute approximate surface area is 273 Å². The monoisotopic (exact) mass is 625 g/mol. The Hall–Kier alpha value is -3.70. The van der Waals surface area contributed by atoms with Crippen LogP contribution in [0.15, 0.2) is 36.4 Å². The van der Waals surface area contributed by atoms with Crippen LogP contribution in [0, 0.1) is 0 Å². The summed E-state index contributed by atoms with van der Waals surface area (Å²) in [6.45, 7) is 5.82. The van der Waals surface area contributed by atoms with E-state index in [4.69, 9.17) is 25.2 Å². The number of piperidine rings is 2. The van der Waals surface area contributed by atoms with E-state index in [9.17, 15) is 19.5 Å². The van der Waals surface area contributed by atoms with E-state index in [2.05, 4.69) is 10.2 Å². The number of aromatic hydroxyl groups is 1. The molecule has 0 aliphatic carbocycles. The molecule has 0 bridgehead atoms. The predicted octanol–water partition coefficient (Wildman–Crippen LogP) is 0.905. The van der Waals surface area contributed by atoms with Gasteiger partial charge in [-0.3, -0.25) is 9.69 Å². The van der Waals surface area contributed by atoms with Crippen LogP contribution >= 0.6 is 0 Å². The van der Waals surface area contributed by atoms with Gasteiger partial charge in [-0.15, -0.1) is 0 Å². The molecule has 4 radical (unpaired) electrons. The average Bonchev–Trinajstić information content (AvgIpc) is 3.25. The molecule has 0 saturated carbocycles. The summed E-state index contributed by atoms with van der Waals surface area (Å²) in [5.41, 5.74) is 2.74. The second-order valence-corrected chi connectivity index (χ2v) is 12.7. The summed E-state index contributed by atoms with van der Waals surface area (Å²) in [6, 6.07) is 11.2. The lowest BCUT2D eigenvalue weighted by Gasteiger charge is -2.41. The number of nitrogens with zero attached hydrogens (tertiary/aromatic N) is 4. The molecule has 3 fully saturated rings. The van der Waals surface area contributed by atoms with Crippen molar-refractivity contribution in [2.24, 2.45) is 0 Å². The lowest BCUT2D eigenvalue weighted by atomic mass is 9.83. The van der Waals surface area contributed by atoms with Crippen LogP contribution in [0.4, 0.5) is 15.3 Å². The van der Waals surface area contributed by atoms with Crippen LogP contribution in [-0.2, 0) is 27.1 Å². The highest BCUT2D eigenvalue weighted by molar-refractivity contribution is 6.41. The predicted molar refractivity (Wildman–Crippen MR) is 175 cm³/mol. The van der Waals surface area contributed by atoms with Gasteiger partial charge in [0, 0.05) is 70.0 Å². The number of urea groups is 1. The molecule has 4 aliphatic heterocycles. The number of morpholine rings is 1. The summed E-state index contributed by atoms with van der Waals surface area (Å²) in [5.74, 6) is -0.465. The zero-order valence-electron chi connectivity index (χ0n) is 26.2. The van der Waals surface area contributed by atoms with Gasteiger partial charge >= 0.3 is 12.1 Å². The molecule has 6 rings (SSSR count). The number of likely N-dealkylation sites (tertiary alicyclic amines) is 2. The van der Waals surface area contributed by atoms with Crippen molar-refractivity contribution in [2.45, 2.75) is 56.7 Å². The quantitative estimate of drug-likeness (QED) is 0.459. The molecule has 4 aliphatic rings. The maximum Gasteiger partial charge on any atom is 0.410 e. The first-order valence-corrected chi connectivity index (χ1v) is 16.4. The summed E-state index contributed by atoms with van der Waals surface area (Å²) in [5, 5.41) is 13.1. The number of nitrogens with one attached hydrogen (secondary N) is 1. The SMILES string of the molecule is [B]c1cc(C[C@@H](OC(=O)N2CCC(N3CCc4ccccc4NC3=O)CC2)C(=O)N2CCC(N3CCOCC3)CC2)cc([B])c1O. The molecule has 0 aromatic heterocycles. The van der Waals surface area contributed by atoms with Gasteiger partial charge in [-0.05, 0) is 49.3 Å². The van der Waals surface area contributed by atoms with Gasteiger partial charge in [-0.2, -0.15) is 0 Å². The molecule has 240 valence electrons. The second-order valence-electron chi connectivity index (χ2n) is 12.7. The molecule has 4 amide bonds. The van der Waals surface area contributed by atoms with Crippen molar-refractivity contribution in [3.63, 3.8) is 0 Å². The van der Waals surface area contributed by atoms with E-state index < -0.39 is 12.2 Å². The van der Waals surface area contributed by atoms with E-state index >= 15 is 0 Å². The number of para-hydroxylation sites is 1. The number of amides is 4. The molecule has 3 saturated heterocycles. The number of benzene rings is 2. The highest BCUT2D eigenvalue weighted by Crippen LogP contribution is 2.26. The van der Waals surface area contributed by atoms with Crippen LogP contribution in [0.5, 0.6) is 5.75 Å². The Kier molecular flexibility index (Phi) is 10.1. The molecule has 0 unspecified atom stereocenters. The van der Waals surface area contributed by atoms with Crippen molar-refractivity contribution in [3.8, 4) is 5.75 Å². The molecule has 2 aromatic rings. The van der Waals surface area contributed by atoms with E-state index in [1.807, 2.05) is 29.2 Å². The van der Waals surface area contributed by atoms with E-state index in [1.54, 1.807) is 21.9 Å². The lowest BCUT2D eigenvalue weighted by Crippen LogP contribution is -2.53. The van der Waals surface area contributed by atoms with Crippen molar-refractivity contribution in [1.29, 1.82) is 0 Å². The average molecular weight is 625 g/mol. The van der Waals surface area contributed by atoms with Gasteiger partial charge in [0.2, 0.25) is 0 Å². The molecule has 46 heavy (non-hydrogen) atoms. The number of carbonyl (C=O) groups is 3. The van der Waals surface area contributed by atoms with E-state index in [-0.39, 0.29) is 41.1 Å². The second kappa shape index (κ2) is 14.4. The molecular formula is C33H41B2N5O6. The number of rotatable bonds is 6. The molecule has 1 atom stereocenters. The van der Waals surface area contributed by atoms with Gasteiger partial charge < -0.3 is 34.6 Å². The number of phenolic OH excluding ortho intramolecular Hbond substituents is 1. The summed E-state index contributed by atoms with van der Waals surface area (Å²) in [6.07, 6.45) is 2.10. The van der Waals surface area contributed by atoms with Crippen molar-refractivity contribution in [2.75, 3.05) is 64.3 Å². The van der Waals surface area contributed by atoms with E-state index in [0.717, 1.165) is 56.8 Å². The molecule has 13 heteroatoms. The number of hydrogen-bond acceptors (Lipinski definition) is 7. The molecule has 2 N–H and O–H groups in total. The fourth-order valence-electron chi connectivity index (χ4n) is 7.15. The van der Waals surface area contributed by atoms with Crippen molar-refractivity contribution in [3.05, 3.63) is 47.5 Å². The van der Waals surface area contributed by atoms with Crippen molar-refractivity contribution < 1.29 is 29.0 Å². The van der Waals surface area contributed by atoms with Crippen LogP contribution in [0.3, 0.4) is 0 Å².